The summed E-state index contributed by atoms with van der Waals surface area (Å²) in [4.78, 5) is 19.5. The third-order valence-electron chi connectivity index (χ3n) is 4.76. The van der Waals surface area contributed by atoms with Crippen molar-refractivity contribution in [3.05, 3.63) is 64.7 Å². The van der Waals surface area contributed by atoms with Crippen molar-refractivity contribution in [2.24, 2.45) is 0 Å². The molecule has 1 N–H and O–H groups in total. The van der Waals surface area contributed by atoms with Crippen molar-refractivity contribution in [1.29, 1.82) is 0 Å². The number of hydrogen-bond acceptors (Lipinski definition) is 4. The molecule has 5 heteroatoms. The molecule has 0 spiro atoms. The van der Waals surface area contributed by atoms with Gasteiger partial charge in [-0.3, -0.25) is 9.69 Å². The Morgan fingerprint density at radius 3 is 2.81 bits per heavy atom. The predicted molar refractivity (Wildman–Crippen MR) is 107 cm³/mol. The van der Waals surface area contributed by atoms with Gasteiger partial charge in [0.05, 0.1) is 15.2 Å². The predicted octanol–water partition coefficient (Wildman–Crippen LogP) is 3.86. The first-order chi connectivity index (χ1) is 12.8. The number of rotatable bonds is 6. The van der Waals surface area contributed by atoms with Crippen LogP contribution < -0.4 is 5.32 Å². The molecule has 2 heterocycles. The van der Waals surface area contributed by atoms with Crippen molar-refractivity contribution < 1.29 is 4.79 Å². The van der Waals surface area contributed by atoms with E-state index in [9.17, 15) is 4.79 Å². The second kappa shape index (κ2) is 7.98. The van der Waals surface area contributed by atoms with Gasteiger partial charge < -0.3 is 5.32 Å². The van der Waals surface area contributed by atoms with Crippen molar-refractivity contribution in [2.45, 2.75) is 25.8 Å². The fraction of sp³-hybridized carbons (Fsp3) is 0.333. The summed E-state index contributed by atoms with van der Waals surface area (Å²) in [5.74, 6) is -0.00520. The number of amides is 1. The van der Waals surface area contributed by atoms with E-state index < -0.39 is 0 Å². The summed E-state index contributed by atoms with van der Waals surface area (Å²) in [6.07, 6.45) is 3.33. The van der Waals surface area contributed by atoms with Gasteiger partial charge in [0.25, 0.3) is 5.91 Å². The first-order valence-electron chi connectivity index (χ1n) is 9.22. The van der Waals surface area contributed by atoms with Crippen LogP contribution in [-0.2, 0) is 13.0 Å². The first kappa shape index (κ1) is 17.2. The monoisotopic (exact) mass is 365 g/mol. The molecule has 0 atom stereocenters. The zero-order valence-corrected chi connectivity index (χ0v) is 15.6. The molecule has 1 aliphatic heterocycles. The minimum Gasteiger partial charge on any atom is -0.352 e. The number of fused-ring (bicyclic) bond motifs is 1. The summed E-state index contributed by atoms with van der Waals surface area (Å²) < 4.78 is 1.20. The average Bonchev–Trinajstić information content (AvgIpc) is 3.31. The second-order valence-electron chi connectivity index (χ2n) is 6.76. The van der Waals surface area contributed by atoms with Crippen LogP contribution in [0.25, 0.3) is 10.2 Å². The zero-order chi connectivity index (χ0) is 17.8. The Kier molecular flexibility index (Phi) is 5.27. The summed E-state index contributed by atoms with van der Waals surface area (Å²) in [5.41, 5.74) is 2.99. The summed E-state index contributed by atoms with van der Waals surface area (Å²) in [7, 11) is 0. The average molecular weight is 366 g/mol. The van der Waals surface area contributed by atoms with Gasteiger partial charge in [0, 0.05) is 25.1 Å². The molecule has 4 nitrogen and oxygen atoms in total. The molecule has 1 amide bonds. The van der Waals surface area contributed by atoms with Crippen LogP contribution >= 0.6 is 11.3 Å². The van der Waals surface area contributed by atoms with Crippen LogP contribution in [0.5, 0.6) is 0 Å². The number of likely N-dealkylation sites (tertiary alicyclic amines) is 1. The summed E-state index contributed by atoms with van der Waals surface area (Å²) in [6, 6.07) is 16.1. The highest BCUT2D eigenvalue weighted by atomic mass is 32.1. The minimum atomic E-state index is -0.00520. The number of aromatic nitrogens is 1. The van der Waals surface area contributed by atoms with Gasteiger partial charge in [-0.1, -0.05) is 24.3 Å². The number of nitrogens with zero attached hydrogens (tertiary/aromatic N) is 2. The molecule has 0 unspecified atom stereocenters. The van der Waals surface area contributed by atoms with Crippen molar-refractivity contribution in [3.63, 3.8) is 0 Å². The maximum absolute atomic E-state index is 12.5. The van der Waals surface area contributed by atoms with Gasteiger partial charge in [0.15, 0.2) is 0 Å². The lowest BCUT2D eigenvalue weighted by Crippen LogP contribution is -2.26. The molecular weight excluding hydrogens is 342 g/mol. The molecular formula is C21H23N3OS. The van der Waals surface area contributed by atoms with E-state index in [0.29, 0.717) is 6.54 Å². The van der Waals surface area contributed by atoms with E-state index in [2.05, 4.69) is 27.3 Å². The Hall–Kier alpha value is -2.24. The van der Waals surface area contributed by atoms with Gasteiger partial charge in [-0.05, 0) is 55.8 Å². The normalized spacial score (nSPS) is 14.8. The number of carbonyl (C=O) groups excluding carboxylic acids is 1. The molecule has 26 heavy (non-hydrogen) atoms. The maximum atomic E-state index is 12.5. The van der Waals surface area contributed by atoms with Gasteiger partial charge in [-0.15, -0.1) is 11.3 Å². The lowest BCUT2D eigenvalue weighted by atomic mass is 10.1. The van der Waals surface area contributed by atoms with Crippen molar-refractivity contribution in [3.8, 4) is 0 Å². The van der Waals surface area contributed by atoms with Gasteiger partial charge >= 0.3 is 0 Å². The van der Waals surface area contributed by atoms with Crippen LogP contribution in [0.3, 0.4) is 0 Å². The second-order valence-corrected chi connectivity index (χ2v) is 7.88. The molecule has 0 saturated carbocycles. The van der Waals surface area contributed by atoms with E-state index in [0.717, 1.165) is 29.1 Å². The summed E-state index contributed by atoms with van der Waals surface area (Å²) >= 11 is 1.70. The lowest BCUT2D eigenvalue weighted by Gasteiger charge is -2.15. The van der Waals surface area contributed by atoms with Crippen LogP contribution in [-0.4, -0.2) is 35.4 Å². The number of carbonyl (C=O) groups is 1. The molecule has 3 aromatic rings. The highest BCUT2D eigenvalue weighted by molar-refractivity contribution is 7.18. The number of benzene rings is 2. The summed E-state index contributed by atoms with van der Waals surface area (Å²) in [6.45, 7) is 3.87. The minimum absolute atomic E-state index is 0.00520. The fourth-order valence-corrected chi connectivity index (χ4v) is 4.39. The molecule has 134 valence electrons. The first-order valence-corrected chi connectivity index (χ1v) is 10.0. The zero-order valence-electron chi connectivity index (χ0n) is 14.8. The molecule has 0 aliphatic carbocycles. The van der Waals surface area contributed by atoms with Crippen molar-refractivity contribution >= 4 is 27.5 Å². The molecule has 0 bridgehead atoms. The van der Waals surface area contributed by atoms with E-state index in [-0.39, 0.29) is 5.91 Å². The molecule has 1 aliphatic rings. The van der Waals surface area contributed by atoms with Gasteiger partial charge in [0.2, 0.25) is 0 Å². The van der Waals surface area contributed by atoms with E-state index in [1.54, 1.807) is 11.3 Å². The number of nitrogens with one attached hydrogen (secondary N) is 1. The molecule has 1 aromatic heterocycles. The molecule has 1 fully saturated rings. The highest BCUT2D eigenvalue weighted by Crippen LogP contribution is 2.21. The van der Waals surface area contributed by atoms with Crippen molar-refractivity contribution in [1.82, 2.24) is 15.2 Å². The molecule has 0 radical (unpaired) electrons. The number of para-hydroxylation sites is 1. The lowest BCUT2D eigenvalue weighted by molar-refractivity contribution is 0.0954. The van der Waals surface area contributed by atoms with Crippen LogP contribution in [0.4, 0.5) is 0 Å². The van der Waals surface area contributed by atoms with Gasteiger partial charge in [-0.25, -0.2) is 4.98 Å². The van der Waals surface area contributed by atoms with E-state index in [1.807, 2.05) is 36.4 Å². The summed E-state index contributed by atoms with van der Waals surface area (Å²) in [5, 5.41) is 4.09. The van der Waals surface area contributed by atoms with Crippen LogP contribution in [0, 0.1) is 0 Å². The molecule has 4 rings (SSSR count). The third kappa shape index (κ3) is 4.11. The largest absolute Gasteiger partial charge is 0.352 e. The van der Waals surface area contributed by atoms with E-state index in [1.165, 1.54) is 36.2 Å². The van der Waals surface area contributed by atoms with Crippen LogP contribution in [0.2, 0.25) is 0 Å². The van der Waals surface area contributed by atoms with Gasteiger partial charge in [0.1, 0.15) is 0 Å². The topological polar surface area (TPSA) is 45.2 Å². The number of hydrogen-bond donors (Lipinski definition) is 1. The third-order valence-corrected chi connectivity index (χ3v) is 5.85. The Balaban J connectivity index is 1.32. The fourth-order valence-electron chi connectivity index (χ4n) is 3.42. The quantitative estimate of drug-likeness (QED) is 0.721. The van der Waals surface area contributed by atoms with Crippen molar-refractivity contribution in [2.75, 3.05) is 19.6 Å². The molecule has 1 saturated heterocycles. The Morgan fingerprint density at radius 2 is 1.96 bits per heavy atom. The number of thiazole rings is 1. The Morgan fingerprint density at radius 1 is 1.12 bits per heavy atom. The van der Waals surface area contributed by atoms with E-state index >= 15 is 0 Å². The SMILES string of the molecule is O=C(NCCc1nc2ccccc2s1)c1cccc(CN2CCCC2)c1. The Labute approximate surface area is 157 Å². The Bertz CT molecular complexity index is 866. The smallest absolute Gasteiger partial charge is 0.251 e. The molecule has 2 aromatic carbocycles. The van der Waals surface area contributed by atoms with E-state index in [4.69, 9.17) is 0 Å². The van der Waals surface area contributed by atoms with Gasteiger partial charge in [-0.2, -0.15) is 0 Å². The standard InChI is InChI=1S/C21H23N3OS/c25-21(17-7-5-6-16(14-17)15-24-12-3-4-13-24)22-11-10-20-23-18-8-1-2-9-19(18)26-20/h1-2,5-9,14H,3-4,10-13,15H2,(H,22,25). The van der Waals surface area contributed by atoms with Crippen LogP contribution in [0.15, 0.2) is 48.5 Å². The highest BCUT2D eigenvalue weighted by Gasteiger charge is 2.13. The van der Waals surface area contributed by atoms with Crippen LogP contribution in [0.1, 0.15) is 33.8 Å². The maximum Gasteiger partial charge on any atom is 0.251 e.